The van der Waals surface area contributed by atoms with Gasteiger partial charge in [0.15, 0.2) is 0 Å². The fraction of sp³-hybridized carbons (Fsp3) is 1.00. The Morgan fingerprint density at radius 1 is 0.929 bits per heavy atom. The molecule has 3 nitrogen and oxygen atoms in total. The molecule has 0 N–H and O–H groups in total. The third-order valence-corrected chi connectivity index (χ3v) is 2.83. The van der Waals surface area contributed by atoms with Gasteiger partial charge in [-0.2, -0.15) is 0 Å². The molecule has 0 radical (unpaired) electrons. The number of unbranched alkanes of at least 4 members (excludes halogenated alkanes) is 5. The van der Waals surface area contributed by atoms with Crippen molar-refractivity contribution < 1.29 is 42.5 Å². The zero-order valence-electron chi connectivity index (χ0n) is 8.67. The molecule has 6 heteroatoms. The molecule has 0 spiro atoms. The van der Waals surface area contributed by atoms with Crippen LogP contribution in [0.1, 0.15) is 38.5 Å². The molecule has 0 saturated heterocycles. The van der Waals surface area contributed by atoms with Gasteiger partial charge in [0.25, 0.3) is 0 Å². The summed E-state index contributed by atoms with van der Waals surface area (Å²) in [6.45, 7) is 0. The van der Waals surface area contributed by atoms with Gasteiger partial charge in [-0.3, -0.25) is 0 Å². The van der Waals surface area contributed by atoms with E-state index < -0.39 is 10.1 Å². The van der Waals surface area contributed by atoms with Gasteiger partial charge in [0.2, 0.25) is 0 Å². The Kier molecular flexibility index (Phi) is 13.5. The van der Waals surface area contributed by atoms with E-state index in [2.05, 4.69) is 0 Å². The van der Waals surface area contributed by atoms with E-state index in [1.165, 1.54) is 0 Å². The van der Waals surface area contributed by atoms with Crippen molar-refractivity contribution in [1.82, 2.24) is 0 Å². The monoisotopic (exact) mass is 250 g/mol. The summed E-state index contributed by atoms with van der Waals surface area (Å²) in [5.41, 5.74) is 0. The number of rotatable bonds is 8. The zero-order chi connectivity index (χ0) is 10.2. The average Bonchev–Trinajstić information content (AvgIpc) is 2.01. The second-order valence-electron chi connectivity index (χ2n) is 3.07. The van der Waals surface area contributed by atoms with Crippen LogP contribution in [0.2, 0.25) is 0 Å². The standard InChI is InChI=1S/C8H17ClO3S.Na/c9-7-5-3-1-2-4-6-8-13(10,11)12;/h1-8H2,(H,10,11,12);/q;+1/p-1. The predicted octanol–water partition coefficient (Wildman–Crippen LogP) is -0.885. The maximum absolute atomic E-state index is 10.2. The van der Waals surface area contributed by atoms with Crippen LogP contribution < -0.4 is 29.6 Å². The first kappa shape index (κ1) is 17.6. The van der Waals surface area contributed by atoms with Gasteiger partial charge < -0.3 is 4.55 Å². The average molecular weight is 251 g/mol. The molecule has 0 saturated carbocycles. The number of hydrogen-bond acceptors (Lipinski definition) is 3. The Balaban J connectivity index is 0. The summed E-state index contributed by atoms with van der Waals surface area (Å²) in [5.74, 6) is 0.470. The van der Waals surface area contributed by atoms with E-state index >= 15 is 0 Å². The van der Waals surface area contributed by atoms with Crippen LogP contribution >= 0.6 is 11.6 Å². The normalized spacial score (nSPS) is 11.0. The van der Waals surface area contributed by atoms with Crippen LogP contribution in [0.5, 0.6) is 0 Å². The second-order valence-corrected chi connectivity index (χ2v) is 4.97. The molecule has 14 heavy (non-hydrogen) atoms. The molecule has 0 fully saturated rings. The van der Waals surface area contributed by atoms with E-state index in [-0.39, 0.29) is 35.3 Å². The zero-order valence-corrected chi connectivity index (χ0v) is 12.2. The van der Waals surface area contributed by atoms with Gasteiger partial charge in [-0.1, -0.05) is 25.7 Å². The summed E-state index contributed by atoms with van der Waals surface area (Å²) < 4.78 is 30.6. The number of halogens is 1. The van der Waals surface area contributed by atoms with Gasteiger partial charge in [0, 0.05) is 11.6 Å². The van der Waals surface area contributed by atoms with Crippen molar-refractivity contribution in [3.8, 4) is 0 Å². The second kappa shape index (κ2) is 10.7. The Bertz CT molecular complexity index is 207. The van der Waals surface area contributed by atoms with Crippen molar-refractivity contribution in [3.05, 3.63) is 0 Å². The first-order valence-corrected chi connectivity index (χ1v) is 6.67. The predicted molar refractivity (Wildman–Crippen MR) is 53.0 cm³/mol. The molecule has 0 aromatic carbocycles. The minimum absolute atomic E-state index is 0. The molecule has 0 atom stereocenters. The summed E-state index contributed by atoms with van der Waals surface area (Å²) in [5, 5.41) is 0. The molecule has 80 valence electrons. The molecule has 0 amide bonds. The molecule has 0 aromatic rings. The molecule has 0 aromatic heterocycles. The molecule has 0 aliphatic heterocycles. The summed E-state index contributed by atoms with van der Waals surface area (Å²) in [6, 6.07) is 0. The molecule has 0 rings (SSSR count). The van der Waals surface area contributed by atoms with E-state index in [9.17, 15) is 13.0 Å². The first-order chi connectivity index (χ1) is 6.06. The van der Waals surface area contributed by atoms with Crippen LogP contribution in [0, 0.1) is 0 Å². The Hall–Kier alpha value is 1.20. The third-order valence-electron chi connectivity index (χ3n) is 1.78. The van der Waals surface area contributed by atoms with Crippen molar-refractivity contribution in [2.45, 2.75) is 38.5 Å². The minimum atomic E-state index is -3.99. The minimum Gasteiger partial charge on any atom is -0.748 e. The van der Waals surface area contributed by atoms with E-state index in [4.69, 9.17) is 11.6 Å². The smallest absolute Gasteiger partial charge is 0.748 e. The van der Waals surface area contributed by atoms with Gasteiger partial charge in [-0.25, -0.2) is 8.42 Å². The fourth-order valence-corrected chi connectivity index (χ4v) is 1.83. The van der Waals surface area contributed by atoms with Crippen LogP contribution in [-0.4, -0.2) is 24.6 Å². The fourth-order valence-electron chi connectivity index (χ4n) is 1.08. The molecule has 0 unspecified atom stereocenters. The largest absolute Gasteiger partial charge is 1.00 e. The Morgan fingerprint density at radius 2 is 1.36 bits per heavy atom. The number of hydrogen-bond donors (Lipinski definition) is 0. The van der Waals surface area contributed by atoms with Crippen molar-refractivity contribution in [3.63, 3.8) is 0 Å². The maximum Gasteiger partial charge on any atom is 1.00 e. The Morgan fingerprint density at radius 3 is 1.79 bits per heavy atom. The maximum atomic E-state index is 10.2. The van der Waals surface area contributed by atoms with Crippen molar-refractivity contribution in [2.24, 2.45) is 0 Å². The van der Waals surface area contributed by atoms with Crippen LogP contribution in [-0.2, 0) is 10.1 Å². The third kappa shape index (κ3) is 15.7. The van der Waals surface area contributed by atoms with Gasteiger partial charge >= 0.3 is 29.6 Å². The summed E-state index contributed by atoms with van der Waals surface area (Å²) in [4.78, 5) is 0. The molecule has 0 aliphatic rings. The van der Waals surface area contributed by atoms with Crippen molar-refractivity contribution in [1.29, 1.82) is 0 Å². The van der Waals surface area contributed by atoms with E-state index in [1.807, 2.05) is 0 Å². The van der Waals surface area contributed by atoms with E-state index in [0.29, 0.717) is 12.3 Å². The van der Waals surface area contributed by atoms with Crippen molar-refractivity contribution >= 4 is 21.7 Å². The molecular weight excluding hydrogens is 235 g/mol. The first-order valence-electron chi connectivity index (χ1n) is 4.56. The van der Waals surface area contributed by atoms with Crippen LogP contribution in [0.25, 0.3) is 0 Å². The summed E-state index contributed by atoms with van der Waals surface area (Å²) in [7, 11) is -3.99. The quantitative estimate of drug-likeness (QED) is 0.243. The van der Waals surface area contributed by atoms with Crippen LogP contribution in [0.4, 0.5) is 0 Å². The van der Waals surface area contributed by atoms with Gasteiger partial charge in [0.1, 0.15) is 0 Å². The molecule has 0 aliphatic carbocycles. The van der Waals surface area contributed by atoms with Gasteiger partial charge in [-0.15, -0.1) is 11.6 Å². The summed E-state index contributed by atoms with van der Waals surface area (Å²) >= 11 is 5.48. The van der Waals surface area contributed by atoms with E-state index in [1.54, 1.807) is 0 Å². The topological polar surface area (TPSA) is 57.2 Å². The number of alkyl halides is 1. The summed E-state index contributed by atoms with van der Waals surface area (Å²) in [6.07, 6.45) is 5.49. The van der Waals surface area contributed by atoms with Crippen LogP contribution in [0.15, 0.2) is 0 Å². The van der Waals surface area contributed by atoms with Gasteiger partial charge in [-0.05, 0) is 12.8 Å². The van der Waals surface area contributed by atoms with Crippen LogP contribution in [0.3, 0.4) is 0 Å². The van der Waals surface area contributed by atoms with E-state index in [0.717, 1.165) is 32.1 Å². The molecule has 0 heterocycles. The van der Waals surface area contributed by atoms with Crippen molar-refractivity contribution in [2.75, 3.05) is 11.6 Å². The van der Waals surface area contributed by atoms with Gasteiger partial charge in [0.05, 0.1) is 10.1 Å². The Labute approximate surface area is 114 Å². The molecule has 0 bridgehead atoms. The molecular formula is C8H16ClNaO3S. The SMILES string of the molecule is O=S(=O)([O-])CCCCCCCCCl.[Na+].